The number of carbonyl (C=O) groups is 2. The van der Waals surface area contributed by atoms with Crippen LogP contribution in [0.1, 0.15) is 10.4 Å². The molecule has 29 heavy (non-hydrogen) atoms. The highest BCUT2D eigenvalue weighted by molar-refractivity contribution is 5.98. The number of nitrogens with zero attached hydrogens (tertiary/aromatic N) is 1. The fraction of sp³-hybridized carbons (Fsp3) is 0.176. The van der Waals surface area contributed by atoms with Gasteiger partial charge in [0, 0.05) is 23.4 Å². The van der Waals surface area contributed by atoms with Crippen LogP contribution in [0.5, 0.6) is 0 Å². The van der Waals surface area contributed by atoms with Gasteiger partial charge in [-0.3, -0.25) is 14.9 Å². The number of amides is 1. The van der Waals surface area contributed by atoms with Crippen molar-refractivity contribution in [3.63, 3.8) is 0 Å². The fourth-order valence-corrected chi connectivity index (χ4v) is 2.21. The summed E-state index contributed by atoms with van der Waals surface area (Å²) in [6.07, 6.45) is -5.32. The van der Waals surface area contributed by atoms with Crippen molar-refractivity contribution in [1.82, 2.24) is 10.7 Å². The van der Waals surface area contributed by atoms with Crippen molar-refractivity contribution in [1.29, 1.82) is 0 Å². The zero-order valence-corrected chi connectivity index (χ0v) is 14.8. The van der Waals surface area contributed by atoms with Crippen LogP contribution in [0.15, 0.2) is 54.6 Å². The summed E-state index contributed by atoms with van der Waals surface area (Å²) in [5, 5.41) is 12.3. The van der Waals surface area contributed by atoms with Crippen molar-refractivity contribution >= 4 is 23.3 Å². The fourth-order valence-electron chi connectivity index (χ4n) is 2.21. The van der Waals surface area contributed by atoms with E-state index in [4.69, 9.17) is 0 Å². The number of nitro benzene ring substituents is 1. The van der Waals surface area contributed by atoms with Crippen LogP contribution in [0, 0.1) is 10.1 Å². The topological polar surface area (TPSA) is 123 Å². The number of hydrazine groups is 1. The molecule has 0 spiro atoms. The van der Waals surface area contributed by atoms with Gasteiger partial charge in [-0.05, 0) is 24.3 Å². The first-order valence-corrected chi connectivity index (χ1v) is 7.91. The van der Waals surface area contributed by atoms with E-state index in [9.17, 15) is 32.9 Å². The second-order valence-corrected chi connectivity index (χ2v) is 5.61. The smallest absolute Gasteiger partial charge is 0.438 e. The Hall–Kier alpha value is -3.67. The van der Waals surface area contributed by atoms with Gasteiger partial charge >= 0.3 is 17.8 Å². The lowest BCUT2D eigenvalue weighted by Crippen LogP contribution is -2.73. The maximum Gasteiger partial charge on any atom is 0.438 e. The molecule has 0 unspecified atom stereocenters. The number of anilines is 1. The normalized spacial score (nSPS) is 13.1. The van der Waals surface area contributed by atoms with Crippen molar-refractivity contribution in [2.75, 3.05) is 12.5 Å². The number of carbonyl (C=O) groups excluding carboxylic acids is 2. The molecule has 154 valence electrons. The SMILES string of the molecule is COC(=O)[C@@](NNc1ccc([N+](=O)[O-])cc1)(NC(=O)c1ccccc1)C(F)(F)F. The molecule has 0 aromatic heterocycles. The van der Waals surface area contributed by atoms with E-state index >= 15 is 0 Å². The largest absolute Gasteiger partial charge is 0.466 e. The molecule has 0 aliphatic heterocycles. The summed E-state index contributed by atoms with van der Waals surface area (Å²) in [4.78, 5) is 34.3. The van der Waals surface area contributed by atoms with Crippen molar-refractivity contribution in [2.24, 2.45) is 0 Å². The number of halogens is 3. The molecular formula is C17H15F3N4O5. The minimum atomic E-state index is -5.32. The first-order chi connectivity index (χ1) is 13.6. The second-order valence-electron chi connectivity index (χ2n) is 5.61. The van der Waals surface area contributed by atoms with Gasteiger partial charge in [-0.1, -0.05) is 18.2 Å². The van der Waals surface area contributed by atoms with E-state index < -0.39 is 28.6 Å². The average Bonchev–Trinajstić information content (AvgIpc) is 2.70. The number of hydrogen-bond donors (Lipinski definition) is 3. The Morgan fingerprint density at radius 1 is 1.03 bits per heavy atom. The number of rotatable bonds is 7. The van der Waals surface area contributed by atoms with Gasteiger partial charge in [-0.25, -0.2) is 4.79 Å². The number of nitro groups is 1. The highest BCUT2D eigenvalue weighted by atomic mass is 19.4. The molecule has 0 saturated carbocycles. The van der Waals surface area contributed by atoms with Crippen molar-refractivity contribution in [3.05, 3.63) is 70.3 Å². The van der Waals surface area contributed by atoms with E-state index in [2.05, 4.69) is 10.2 Å². The van der Waals surface area contributed by atoms with Gasteiger partial charge in [0.2, 0.25) is 0 Å². The lowest BCUT2D eigenvalue weighted by molar-refractivity contribution is -0.384. The molecule has 0 bridgehead atoms. The average molecular weight is 412 g/mol. The number of non-ortho nitro benzene ring substituents is 1. The minimum absolute atomic E-state index is 0.0397. The van der Waals surface area contributed by atoms with E-state index in [1.54, 1.807) is 16.8 Å². The molecule has 0 radical (unpaired) electrons. The van der Waals surface area contributed by atoms with Crippen molar-refractivity contribution in [3.8, 4) is 0 Å². The van der Waals surface area contributed by atoms with Crippen molar-refractivity contribution < 1.29 is 32.4 Å². The Labute approximate surface area is 162 Å². The molecule has 12 heteroatoms. The predicted octanol–water partition coefficient (Wildman–Crippen LogP) is 2.37. The molecule has 1 atom stereocenters. The molecule has 3 N–H and O–H groups in total. The summed E-state index contributed by atoms with van der Waals surface area (Å²) in [5.74, 6) is -3.02. The summed E-state index contributed by atoms with van der Waals surface area (Å²) in [7, 11) is 0.727. The molecule has 0 fully saturated rings. The monoisotopic (exact) mass is 412 g/mol. The Bertz CT molecular complexity index is 890. The van der Waals surface area contributed by atoms with Gasteiger partial charge in [-0.2, -0.15) is 18.6 Å². The van der Waals surface area contributed by atoms with Crippen LogP contribution in [-0.4, -0.2) is 35.7 Å². The standard InChI is InChI=1S/C17H15F3N4O5/c1-29-15(26)16(17(18,19)20,21-14(25)11-5-3-2-4-6-11)23-22-12-7-9-13(10-8-12)24(27)28/h2-10,22-23H,1H3,(H,21,25)/t16-/m0/s1. The molecular weight excluding hydrogens is 397 g/mol. The zero-order chi connectivity index (χ0) is 21.7. The maximum atomic E-state index is 13.9. The van der Waals surface area contributed by atoms with Gasteiger partial charge in [0.25, 0.3) is 11.6 Å². The Morgan fingerprint density at radius 3 is 2.10 bits per heavy atom. The van der Waals surface area contributed by atoms with Crippen molar-refractivity contribution in [2.45, 2.75) is 11.8 Å². The number of methoxy groups -OCH3 is 1. The Morgan fingerprint density at radius 2 is 1.62 bits per heavy atom. The molecule has 0 aliphatic rings. The summed E-state index contributed by atoms with van der Waals surface area (Å²) in [5.41, 5.74) is -0.234. The summed E-state index contributed by atoms with van der Waals surface area (Å²) in [6, 6.07) is 11.3. The van der Waals surface area contributed by atoms with Crippen LogP contribution >= 0.6 is 0 Å². The first kappa shape index (κ1) is 21.6. The Balaban J connectivity index is 2.34. The number of alkyl halides is 3. The van der Waals surface area contributed by atoms with E-state index in [1.165, 1.54) is 24.3 Å². The van der Waals surface area contributed by atoms with Crippen LogP contribution in [-0.2, 0) is 9.53 Å². The third kappa shape index (κ3) is 4.79. The highest BCUT2D eigenvalue weighted by Crippen LogP contribution is 2.30. The van der Waals surface area contributed by atoms with Crippen LogP contribution in [0.4, 0.5) is 24.5 Å². The molecule has 9 nitrogen and oxygen atoms in total. The second kappa shape index (κ2) is 8.56. The van der Waals surface area contributed by atoms with Crippen LogP contribution in [0.2, 0.25) is 0 Å². The van der Waals surface area contributed by atoms with E-state index in [-0.39, 0.29) is 16.9 Å². The number of ether oxygens (including phenoxy) is 1. The van der Waals surface area contributed by atoms with E-state index in [1.807, 2.05) is 0 Å². The summed E-state index contributed by atoms with van der Waals surface area (Å²) in [6.45, 7) is 0. The van der Waals surface area contributed by atoms with E-state index in [0.717, 1.165) is 31.4 Å². The van der Waals surface area contributed by atoms with Crippen LogP contribution in [0.3, 0.4) is 0 Å². The molecule has 0 heterocycles. The van der Waals surface area contributed by atoms with Gasteiger partial charge in [-0.15, -0.1) is 0 Å². The molecule has 0 aliphatic carbocycles. The van der Waals surface area contributed by atoms with Gasteiger partial charge in [0.1, 0.15) is 0 Å². The number of benzene rings is 2. The quantitative estimate of drug-likeness (QED) is 0.276. The van der Waals surface area contributed by atoms with E-state index in [0.29, 0.717) is 0 Å². The number of esters is 1. The molecule has 2 aromatic rings. The highest BCUT2D eigenvalue weighted by Gasteiger charge is 2.63. The summed E-state index contributed by atoms with van der Waals surface area (Å²) >= 11 is 0. The van der Waals surface area contributed by atoms with Gasteiger partial charge in [0.05, 0.1) is 12.0 Å². The minimum Gasteiger partial charge on any atom is -0.466 e. The molecule has 2 aromatic carbocycles. The van der Waals surface area contributed by atoms with Crippen LogP contribution < -0.4 is 16.2 Å². The summed E-state index contributed by atoms with van der Waals surface area (Å²) < 4.78 is 45.8. The first-order valence-electron chi connectivity index (χ1n) is 7.91. The third-order valence-electron chi connectivity index (χ3n) is 3.73. The number of nitrogens with one attached hydrogen (secondary N) is 3. The van der Waals surface area contributed by atoms with Crippen LogP contribution in [0.25, 0.3) is 0 Å². The van der Waals surface area contributed by atoms with Gasteiger partial charge in [0.15, 0.2) is 0 Å². The lowest BCUT2D eigenvalue weighted by Gasteiger charge is -2.34. The third-order valence-corrected chi connectivity index (χ3v) is 3.73. The predicted molar refractivity (Wildman–Crippen MR) is 94.6 cm³/mol. The maximum absolute atomic E-state index is 13.9. The molecule has 0 saturated heterocycles. The molecule has 2 rings (SSSR count). The number of hydrogen-bond acceptors (Lipinski definition) is 7. The Kier molecular flexibility index (Phi) is 6.38. The molecule has 1 amide bonds. The lowest BCUT2D eigenvalue weighted by atomic mass is 10.1. The zero-order valence-electron chi connectivity index (χ0n) is 14.8. The van der Waals surface area contributed by atoms with Gasteiger partial charge < -0.3 is 15.5 Å².